The van der Waals surface area contributed by atoms with Crippen molar-refractivity contribution in [3.63, 3.8) is 0 Å². The second kappa shape index (κ2) is 7.28. The normalized spacial score (nSPS) is 15.8. The van der Waals surface area contributed by atoms with Crippen LogP contribution < -0.4 is 0 Å². The minimum atomic E-state index is -4.06. The van der Waals surface area contributed by atoms with Gasteiger partial charge in [-0.3, -0.25) is 4.79 Å². The number of halogens is 4. The lowest BCUT2D eigenvalue weighted by atomic mass is 10.1. The van der Waals surface area contributed by atoms with Crippen molar-refractivity contribution in [2.75, 3.05) is 26.2 Å². The minimum Gasteiger partial charge on any atom is -0.336 e. The minimum absolute atomic E-state index is 0.0292. The van der Waals surface area contributed by atoms with Gasteiger partial charge >= 0.3 is 0 Å². The summed E-state index contributed by atoms with van der Waals surface area (Å²) in [5.74, 6) is -4.94. The molecule has 2 aromatic carbocycles. The molecule has 0 bridgehead atoms. The Morgan fingerprint density at radius 3 is 2.07 bits per heavy atom. The van der Waals surface area contributed by atoms with Gasteiger partial charge in [0.15, 0.2) is 11.6 Å². The Labute approximate surface area is 152 Å². The molecule has 0 aromatic heterocycles. The summed E-state index contributed by atoms with van der Waals surface area (Å²) in [6.07, 6.45) is 0. The van der Waals surface area contributed by atoms with Crippen molar-refractivity contribution in [2.45, 2.75) is 4.90 Å². The highest BCUT2D eigenvalue weighted by molar-refractivity contribution is 7.89. The number of hydrogen-bond acceptors (Lipinski definition) is 3. The Kier molecular flexibility index (Phi) is 5.20. The first-order chi connectivity index (χ1) is 12.7. The summed E-state index contributed by atoms with van der Waals surface area (Å²) in [6.45, 7) is -0.261. The third-order valence-corrected chi connectivity index (χ3v) is 6.11. The van der Waals surface area contributed by atoms with Crippen LogP contribution in [0.1, 0.15) is 10.4 Å². The Morgan fingerprint density at radius 1 is 0.815 bits per heavy atom. The molecule has 0 atom stereocenters. The van der Waals surface area contributed by atoms with E-state index in [0.29, 0.717) is 12.1 Å². The van der Waals surface area contributed by atoms with Crippen molar-refractivity contribution in [2.24, 2.45) is 0 Å². The number of amides is 1. The van der Waals surface area contributed by atoms with Gasteiger partial charge in [0.05, 0.1) is 10.5 Å². The van der Waals surface area contributed by atoms with Crippen LogP contribution in [0, 0.1) is 23.3 Å². The highest BCUT2D eigenvalue weighted by atomic mass is 32.2. The molecule has 2 aromatic rings. The lowest BCUT2D eigenvalue weighted by Crippen LogP contribution is -2.50. The van der Waals surface area contributed by atoms with Crippen molar-refractivity contribution in [3.8, 4) is 0 Å². The average molecular weight is 402 g/mol. The van der Waals surface area contributed by atoms with Gasteiger partial charge in [-0.15, -0.1) is 0 Å². The van der Waals surface area contributed by atoms with E-state index in [1.54, 1.807) is 0 Å². The molecule has 144 valence electrons. The van der Waals surface area contributed by atoms with Crippen LogP contribution in [0.3, 0.4) is 0 Å². The maximum atomic E-state index is 13.8. The molecule has 0 unspecified atom stereocenters. The third kappa shape index (κ3) is 3.81. The van der Waals surface area contributed by atoms with Gasteiger partial charge in [0.25, 0.3) is 5.91 Å². The Balaban J connectivity index is 1.72. The van der Waals surface area contributed by atoms with Gasteiger partial charge in [0, 0.05) is 32.2 Å². The van der Waals surface area contributed by atoms with E-state index in [0.717, 1.165) is 28.6 Å². The summed E-state index contributed by atoms with van der Waals surface area (Å²) < 4.78 is 79.1. The maximum Gasteiger partial charge on any atom is 0.256 e. The van der Waals surface area contributed by atoms with Gasteiger partial charge in [-0.2, -0.15) is 4.31 Å². The van der Waals surface area contributed by atoms with Crippen molar-refractivity contribution >= 4 is 15.9 Å². The van der Waals surface area contributed by atoms with Crippen molar-refractivity contribution in [1.82, 2.24) is 9.21 Å². The molecule has 10 heteroatoms. The zero-order chi connectivity index (χ0) is 19.8. The quantitative estimate of drug-likeness (QED) is 0.741. The molecule has 1 aliphatic heterocycles. The molecule has 0 spiro atoms. The Hall–Kier alpha value is -2.46. The van der Waals surface area contributed by atoms with E-state index in [9.17, 15) is 30.8 Å². The molecule has 1 aliphatic rings. The van der Waals surface area contributed by atoms with E-state index in [1.165, 1.54) is 4.90 Å². The summed E-state index contributed by atoms with van der Waals surface area (Å²) >= 11 is 0. The van der Waals surface area contributed by atoms with Crippen LogP contribution in [0.5, 0.6) is 0 Å². The summed E-state index contributed by atoms with van der Waals surface area (Å²) in [4.78, 5) is 13.2. The topological polar surface area (TPSA) is 57.7 Å². The molecule has 27 heavy (non-hydrogen) atoms. The number of rotatable bonds is 3. The van der Waals surface area contributed by atoms with E-state index in [2.05, 4.69) is 0 Å². The number of sulfonamides is 1. The number of carbonyl (C=O) groups excluding carboxylic acids is 1. The van der Waals surface area contributed by atoms with E-state index in [4.69, 9.17) is 0 Å². The zero-order valence-corrected chi connectivity index (χ0v) is 14.6. The fourth-order valence-electron chi connectivity index (χ4n) is 2.75. The van der Waals surface area contributed by atoms with E-state index >= 15 is 0 Å². The predicted octanol–water partition coefficient (Wildman–Crippen LogP) is 2.39. The molecule has 3 rings (SSSR count). The van der Waals surface area contributed by atoms with Crippen LogP contribution in [0.25, 0.3) is 0 Å². The summed E-state index contributed by atoms with van der Waals surface area (Å²) in [5, 5.41) is 0. The van der Waals surface area contributed by atoms with Crippen LogP contribution in [0.4, 0.5) is 17.6 Å². The first kappa shape index (κ1) is 19.3. The van der Waals surface area contributed by atoms with Gasteiger partial charge in [0.2, 0.25) is 10.0 Å². The maximum absolute atomic E-state index is 13.8. The van der Waals surface area contributed by atoms with E-state index in [1.807, 2.05) is 0 Å². The molecule has 1 saturated heterocycles. The van der Waals surface area contributed by atoms with Crippen molar-refractivity contribution in [1.29, 1.82) is 0 Å². The van der Waals surface area contributed by atoms with Crippen LogP contribution in [-0.2, 0) is 10.0 Å². The fourth-order valence-corrected chi connectivity index (χ4v) is 4.19. The molecule has 1 heterocycles. The van der Waals surface area contributed by atoms with Crippen molar-refractivity contribution < 1.29 is 30.8 Å². The highest BCUT2D eigenvalue weighted by Gasteiger charge is 2.31. The standard InChI is InChI=1S/C17H14F4N2O3S/c18-11-1-3-13(15(20)9-11)17(24)22-5-7-23(8-6-22)27(25,26)12-2-4-14(19)16(21)10-12/h1-4,9-10H,5-8H2. The first-order valence-corrected chi connectivity index (χ1v) is 9.33. The average Bonchev–Trinajstić information content (AvgIpc) is 2.63. The molecular formula is C17H14F4N2O3S. The number of nitrogens with zero attached hydrogens (tertiary/aromatic N) is 2. The molecule has 0 saturated carbocycles. The summed E-state index contributed by atoms with van der Waals surface area (Å²) in [5.41, 5.74) is -0.312. The van der Waals surface area contributed by atoms with Gasteiger partial charge in [-0.25, -0.2) is 26.0 Å². The van der Waals surface area contributed by atoms with E-state index < -0.39 is 44.1 Å². The predicted molar refractivity (Wildman–Crippen MR) is 87.4 cm³/mol. The number of piperazine rings is 1. The number of benzene rings is 2. The molecule has 1 amide bonds. The molecule has 0 N–H and O–H groups in total. The SMILES string of the molecule is O=C(c1ccc(F)cc1F)N1CCN(S(=O)(=O)c2ccc(F)c(F)c2)CC1. The van der Waals surface area contributed by atoms with Gasteiger partial charge in [0.1, 0.15) is 11.6 Å². The molecular weight excluding hydrogens is 388 g/mol. The van der Waals surface area contributed by atoms with Crippen molar-refractivity contribution in [3.05, 3.63) is 65.2 Å². The van der Waals surface area contributed by atoms with Gasteiger partial charge in [-0.1, -0.05) is 0 Å². The summed E-state index contributed by atoms with van der Waals surface area (Å²) in [6, 6.07) is 4.85. The zero-order valence-electron chi connectivity index (χ0n) is 13.8. The second-order valence-electron chi connectivity index (χ2n) is 5.90. The summed E-state index contributed by atoms with van der Waals surface area (Å²) in [7, 11) is -4.06. The second-order valence-corrected chi connectivity index (χ2v) is 7.83. The Morgan fingerprint density at radius 2 is 1.48 bits per heavy atom. The van der Waals surface area contributed by atoms with Gasteiger partial charge in [-0.05, 0) is 30.3 Å². The molecule has 0 radical (unpaired) electrons. The third-order valence-electron chi connectivity index (χ3n) is 4.22. The van der Waals surface area contributed by atoms with Crippen LogP contribution in [0.2, 0.25) is 0 Å². The molecule has 1 fully saturated rings. The highest BCUT2D eigenvalue weighted by Crippen LogP contribution is 2.21. The smallest absolute Gasteiger partial charge is 0.256 e. The lowest BCUT2D eigenvalue weighted by Gasteiger charge is -2.34. The van der Waals surface area contributed by atoms with Gasteiger partial charge < -0.3 is 4.90 Å². The Bertz CT molecular complexity index is 990. The van der Waals surface area contributed by atoms with Crippen LogP contribution in [0.15, 0.2) is 41.3 Å². The van der Waals surface area contributed by atoms with Crippen LogP contribution >= 0.6 is 0 Å². The molecule has 0 aliphatic carbocycles. The number of carbonyl (C=O) groups is 1. The van der Waals surface area contributed by atoms with Crippen LogP contribution in [-0.4, -0.2) is 49.7 Å². The fraction of sp³-hybridized carbons (Fsp3) is 0.235. The monoisotopic (exact) mass is 402 g/mol. The molecule has 5 nitrogen and oxygen atoms in total. The largest absolute Gasteiger partial charge is 0.336 e. The first-order valence-electron chi connectivity index (χ1n) is 7.89. The number of hydrogen-bond donors (Lipinski definition) is 0. The lowest BCUT2D eigenvalue weighted by molar-refractivity contribution is 0.0693. The van der Waals surface area contributed by atoms with E-state index in [-0.39, 0.29) is 31.7 Å².